The molecule has 15 heavy (non-hydrogen) atoms. The summed E-state index contributed by atoms with van der Waals surface area (Å²) in [4.78, 5) is 10.1. The van der Waals surface area contributed by atoms with Gasteiger partial charge >= 0.3 is 0 Å². The number of rotatable bonds is 4. The number of nitrogens with two attached hydrogens (primary N) is 1. The second-order valence-electron chi connectivity index (χ2n) is 3.51. The van der Waals surface area contributed by atoms with E-state index in [1.165, 1.54) is 18.2 Å². The monoisotopic (exact) mass is 212 g/mol. The first-order valence-electron chi connectivity index (χ1n) is 4.69. The van der Waals surface area contributed by atoms with Crippen molar-refractivity contribution in [1.82, 2.24) is 0 Å². The molecule has 0 heterocycles. The molecule has 1 rings (SSSR count). The molecule has 0 aromatic heterocycles. The zero-order chi connectivity index (χ0) is 11.4. The van der Waals surface area contributed by atoms with Crippen LogP contribution in [0.1, 0.15) is 18.9 Å². The molecule has 0 bridgehead atoms. The van der Waals surface area contributed by atoms with E-state index in [2.05, 4.69) is 0 Å². The predicted octanol–water partition coefficient (Wildman–Crippen LogP) is 2.01. The summed E-state index contributed by atoms with van der Waals surface area (Å²) in [6, 6.07) is 3.77. The van der Waals surface area contributed by atoms with E-state index >= 15 is 0 Å². The van der Waals surface area contributed by atoms with E-state index in [4.69, 9.17) is 5.73 Å². The van der Waals surface area contributed by atoms with Crippen molar-refractivity contribution >= 4 is 5.69 Å². The first-order chi connectivity index (χ1) is 7.02. The third kappa shape index (κ3) is 2.99. The first kappa shape index (κ1) is 11.6. The summed E-state index contributed by atoms with van der Waals surface area (Å²) in [5.41, 5.74) is 5.49. The number of hydrogen-bond acceptors (Lipinski definition) is 3. The number of hydrogen-bond donors (Lipinski definition) is 1. The second-order valence-corrected chi connectivity index (χ2v) is 3.51. The van der Waals surface area contributed by atoms with Gasteiger partial charge in [0, 0.05) is 12.1 Å². The van der Waals surface area contributed by atoms with Crippen LogP contribution in [-0.4, -0.2) is 11.0 Å². The van der Waals surface area contributed by atoms with Crippen LogP contribution in [0.3, 0.4) is 0 Å². The van der Waals surface area contributed by atoms with Crippen molar-refractivity contribution < 1.29 is 9.31 Å². The van der Waals surface area contributed by atoms with Crippen molar-refractivity contribution in [3.8, 4) is 0 Å². The van der Waals surface area contributed by atoms with Crippen LogP contribution in [0.25, 0.3) is 0 Å². The van der Waals surface area contributed by atoms with Crippen LogP contribution >= 0.6 is 0 Å². The van der Waals surface area contributed by atoms with Gasteiger partial charge in [-0.3, -0.25) is 10.1 Å². The van der Waals surface area contributed by atoms with E-state index in [1.807, 2.05) is 0 Å². The third-order valence-corrected chi connectivity index (χ3v) is 2.14. The number of nitro groups is 1. The normalized spacial score (nSPS) is 12.5. The van der Waals surface area contributed by atoms with E-state index in [1.54, 1.807) is 6.92 Å². The Morgan fingerprint density at radius 2 is 2.27 bits per heavy atom. The van der Waals surface area contributed by atoms with E-state index in [9.17, 15) is 14.5 Å². The number of benzene rings is 1. The lowest BCUT2D eigenvalue weighted by atomic mass is 10.0. The van der Waals surface area contributed by atoms with Gasteiger partial charge in [-0.25, -0.2) is 4.39 Å². The molecule has 0 fully saturated rings. The van der Waals surface area contributed by atoms with E-state index in [0.29, 0.717) is 12.8 Å². The van der Waals surface area contributed by atoms with Gasteiger partial charge < -0.3 is 5.73 Å². The minimum atomic E-state index is -0.570. The average Bonchev–Trinajstić information content (AvgIpc) is 2.15. The molecule has 1 atom stereocenters. The Labute approximate surface area is 87.0 Å². The number of halogens is 1. The lowest BCUT2D eigenvalue weighted by Gasteiger charge is -2.06. The maximum absolute atomic E-state index is 13.3. The zero-order valence-electron chi connectivity index (χ0n) is 8.44. The molecule has 4 nitrogen and oxygen atoms in total. The molecule has 0 saturated heterocycles. The summed E-state index contributed by atoms with van der Waals surface area (Å²) in [6.07, 6.45) is 0.822. The van der Waals surface area contributed by atoms with Crippen LogP contribution < -0.4 is 5.73 Å². The van der Waals surface area contributed by atoms with Crippen molar-refractivity contribution in [1.29, 1.82) is 0 Å². The fourth-order valence-electron chi connectivity index (χ4n) is 1.34. The maximum Gasteiger partial charge on any atom is 0.275 e. The topological polar surface area (TPSA) is 69.2 Å². The Hall–Kier alpha value is -1.49. The summed E-state index contributed by atoms with van der Waals surface area (Å²) in [7, 11) is 0. The van der Waals surface area contributed by atoms with Crippen LogP contribution in [0.4, 0.5) is 10.1 Å². The second kappa shape index (κ2) is 4.84. The minimum Gasteiger partial charge on any atom is -0.328 e. The Balaban J connectivity index is 2.97. The molecular formula is C10H13FN2O2. The molecule has 5 heteroatoms. The van der Waals surface area contributed by atoms with Gasteiger partial charge in [0.25, 0.3) is 5.69 Å². The smallest absolute Gasteiger partial charge is 0.275 e. The number of nitrogens with zero attached hydrogens (tertiary/aromatic N) is 1. The van der Waals surface area contributed by atoms with Gasteiger partial charge in [-0.1, -0.05) is 6.07 Å². The SMILES string of the molecule is CC(N)CCc1c(F)cccc1[N+](=O)[O-]. The van der Waals surface area contributed by atoms with Crippen LogP contribution in [0.2, 0.25) is 0 Å². The van der Waals surface area contributed by atoms with Gasteiger partial charge in [0.05, 0.1) is 10.5 Å². The largest absolute Gasteiger partial charge is 0.328 e. The summed E-state index contributed by atoms with van der Waals surface area (Å²) < 4.78 is 13.3. The molecule has 0 amide bonds. The third-order valence-electron chi connectivity index (χ3n) is 2.14. The highest BCUT2D eigenvalue weighted by Gasteiger charge is 2.17. The molecule has 2 N–H and O–H groups in total. The fraction of sp³-hybridized carbons (Fsp3) is 0.400. The van der Waals surface area contributed by atoms with Crippen molar-refractivity contribution in [2.45, 2.75) is 25.8 Å². The molecule has 0 aliphatic carbocycles. The summed E-state index contributed by atoms with van der Waals surface area (Å²) in [5.74, 6) is -0.537. The Morgan fingerprint density at radius 3 is 2.80 bits per heavy atom. The van der Waals surface area contributed by atoms with Crippen LogP contribution in [0.5, 0.6) is 0 Å². The summed E-state index contributed by atoms with van der Waals surface area (Å²) in [6.45, 7) is 1.78. The Bertz CT molecular complexity index is 366. The van der Waals surface area contributed by atoms with E-state index in [0.717, 1.165) is 0 Å². The highest BCUT2D eigenvalue weighted by atomic mass is 19.1. The molecule has 0 radical (unpaired) electrons. The molecule has 0 aliphatic rings. The van der Waals surface area contributed by atoms with E-state index in [-0.39, 0.29) is 17.3 Å². The highest BCUT2D eigenvalue weighted by Crippen LogP contribution is 2.22. The van der Waals surface area contributed by atoms with Gasteiger partial charge in [0.2, 0.25) is 0 Å². The lowest BCUT2D eigenvalue weighted by molar-refractivity contribution is -0.385. The molecule has 0 aliphatic heterocycles. The molecule has 1 unspecified atom stereocenters. The Kier molecular flexibility index (Phi) is 3.74. The standard InChI is InChI=1S/C10H13FN2O2/c1-7(12)5-6-8-9(11)3-2-4-10(8)13(14)15/h2-4,7H,5-6,12H2,1H3. The quantitative estimate of drug-likeness (QED) is 0.613. The molecule has 0 saturated carbocycles. The first-order valence-corrected chi connectivity index (χ1v) is 4.69. The zero-order valence-corrected chi connectivity index (χ0v) is 8.44. The fourth-order valence-corrected chi connectivity index (χ4v) is 1.34. The average molecular weight is 212 g/mol. The van der Waals surface area contributed by atoms with Crippen molar-refractivity contribution in [2.75, 3.05) is 0 Å². The van der Waals surface area contributed by atoms with Crippen LogP contribution in [-0.2, 0) is 6.42 Å². The summed E-state index contributed by atoms with van der Waals surface area (Å²) in [5, 5.41) is 10.6. The molecular weight excluding hydrogens is 199 g/mol. The van der Waals surface area contributed by atoms with Crippen molar-refractivity contribution in [3.05, 3.63) is 39.7 Å². The van der Waals surface area contributed by atoms with Gasteiger partial charge in [-0.05, 0) is 25.8 Å². The maximum atomic E-state index is 13.3. The lowest BCUT2D eigenvalue weighted by Crippen LogP contribution is -2.16. The Morgan fingerprint density at radius 1 is 1.60 bits per heavy atom. The van der Waals surface area contributed by atoms with Gasteiger partial charge in [-0.15, -0.1) is 0 Å². The molecule has 82 valence electrons. The van der Waals surface area contributed by atoms with Gasteiger partial charge in [-0.2, -0.15) is 0 Å². The highest BCUT2D eigenvalue weighted by molar-refractivity contribution is 5.40. The van der Waals surface area contributed by atoms with Crippen LogP contribution in [0, 0.1) is 15.9 Å². The van der Waals surface area contributed by atoms with E-state index < -0.39 is 10.7 Å². The predicted molar refractivity (Wildman–Crippen MR) is 55.0 cm³/mol. The minimum absolute atomic E-state index is 0.0933. The van der Waals surface area contributed by atoms with Gasteiger partial charge in [0.1, 0.15) is 5.82 Å². The molecule has 1 aromatic rings. The number of nitro benzene ring substituents is 1. The van der Waals surface area contributed by atoms with Gasteiger partial charge in [0.15, 0.2) is 0 Å². The summed E-state index contributed by atoms with van der Waals surface area (Å²) >= 11 is 0. The molecule has 1 aromatic carbocycles. The van der Waals surface area contributed by atoms with Crippen molar-refractivity contribution in [2.24, 2.45) is 5.73 Å². The van der Waals surface area contributed by atoms with Crippen molar-refractivity contribution in [3.63, 3.8) is 0 Å². The van der Waals surface area contributed by atoms with Crippen LogP contribution in [0.15, 0.2) is 18.2 Å². The molecule has 0 spiro atoms.